The number of fused-ring (bicyclic) bond motifs is 1. The van der Waals surface area contributed by atoms with Gasteiger partial charge in [0.25, 0.3) is 5.91 Å². The third kappa shape index (κ3) is 7.93. The van der Waals surface area contributed by atoms with Gasteiger partial charge in [-0.25, -0.2) is 4.79 Å². The molecule has 0 fully saturated rings. The maximum atomic E-state index is 13.9. The average Bonchev–Trinajstić information content (AvgIpc) is 3.36. The number of nitrogens with one attached hydrogen (secondary N) is 2. The molecule has 4 aromatic rings. The van der Waals surface area contributed by atoms with E-state index in [-0.39, 0.29) is 11.8 Å². The largest absolute Gasteiger partial charge is 0.444 e. The van der Waals surface area contributed by atoms with Gasteiger partial charge >= 0.3 is 6.09 Å². The number of carbonyl (C=O) groups is 3. The summed E-state index contributed by atoms with van der Waals surface area (Å²) in [5.41, 5.74) is 3.72. The zero-order valence-corrected chi connectivity index (χ0v) is 27.2. The highest BCUT2D eigenvalue weighted by Crippen LogP contribution is 2.41. The van der Waals surface area contributed by atoms with Gasteiger partial charge in [-0.2, -0.15) is 5.26 Å². The number of carbonyl (C=O) groups excluding carboxylic acids is 3. The molecule has 2 heterocycles. The van der Waals surface area contributed by atoms with Gasteiger partial charge < -0.3 is 20.3 Å². The van der Waals surface area contributed by atoms with Crippen LogP contribution in [0, 0.1) is 18.3 Å². The summed E-state index contributed by atoms with van der Waals surface area (Å²) >= 11 is 2.68. The summed E-state index contributed by atoms with van der Waals surface area (Å²) in [5.74, 6) is -0.496. The Morgan fingerprint density at radius 2 is 1.73 bits per heavy atom. The zero-order chi connectivity index (χ0) is 32.1. The van der Waals surface area contributed by atoms with E-state index in [2.05, 4.69) is 16.7 Å². The molecule has 0 saturated heterocycles. The predicted molar refractivity (Wildman–Crippen MR) is 179 cm³/mol. The summed E-state index contributed by atoms with van der Waals surface area (Å²) in [6.45, 7) is 8.19. The van der Waals surface area contributed by atoms with Crippen LogP contribution in [0.4, 0.5) is 15.5 Å². The van der Waals surface area contributed by atoms with Crippen LogP contribution in [-0.2, 0) is 22.5 Å². The molecule has 230 valence electrons. The third-order valence-corrected chi connectivity index (χ3v) is 9.44. The first-order valence-corrected chi connectivity index (χ1v) is 16.2. The maximum absolute atomic E-state index is 13.9. The Morgan fingerprint density at radius 1 is 1.00 bits per heavy atom. The van der Waals surface area contributed by atoms with Crippen molar-refractivity contribution in [3.63, 3.8) is 0 Å². The summed E-state index contributed by atoms with van der Waals surface area (Å²) in [4.78, 5) is 42.7. The van der Waals surface area contributed by atoms with Crippen LogP contribution >= 0.6 is 23.1 Å². The Morgan fingerprint density at radius 3 is 2.42 bits per heavy atom. The van der Waals surface area contributed by atoms with E-state index < -0.39 is 16.9 Å². The molecule has 0 aliphatic carbocycles. The number of nitriles is 1. The molecule has 1 aliphatic rings. The van der Waals surface area contributed by atoms with Gasteiger partial charge in [-0.1, -0.05) is 54.1 Å². The quantitative estimate of drug-likeness (QED) is 0.199. The normalized spacial score (nSPS) is 13.3. The standard InChI is InChI=1S/C35H34N4O4S2/c1-22-13-15-24(16-14-22)31(40)37-25-11-8-12-26(19-25)44-30(23-9-6-5-7-10-23)32(41)38-33-28(20-36)27-17-18-39(21-29(27)45-33)34(42)43-35(2,3)4/h5-16,19,30H,17-18,21H2,1-4H3,(H,37,40)(H,38,41). The molecule has 3 aromatic carbocycles. The Kier molecular flexibility index (Phi) is 9.61. The van der Waals surface area contributed by atoms with Crippen LogP contribution in [0.15, 0.2) is 83.8 Å². The minimum Gasteiger partial charge on any atom is -0.444 e. The summed E-state index contributed by atoms with van der Waals surface area (Å²) in [6.07, 6.45) is 0.102. The lowest BCUT2D eigenvalue weighted by atomic mass is 10.0. The molecule has 45 heavy (non-hydrogen) atoms. The van der Waals surface area contributed by atoms with Gasteiger partial charge in [-0.3, -0.25) is 9.59 Å². The summed E-state index contributed by atoms with van der Waals surface area (Å²) < 4.78 is 5.54. The van der Waals surface area contributed by atoms with E-state index in [1.807, 2.05) is 94.4 Å². The maximum Gasteiger partial charge on any atom is 0.410 e. The van der Waals surface area contributed by atoms with Crippen LogP contribution in [0.3, 0.4) is 0 Å². The number of rotatable bonds is 7. The average molecular weight is 639 g/mol. The van der Waals surface area contributed by atoms with Gasteiger partial charge in [0.2, 0.25) is 5.91 Å². The van der Waals surface area contributed by atoms with Crippen LogP contribution in [0.25, 0.3) is 0 Å². The second kappa shape index (κ2) is 13.6. The minimum atomic E-state index is -0.641. The lowest BCUT2D eigenvalue weighted by Crippen LogP contribution is -2.39. The SMILES string of the molecule is Cc1ccc(C(=O)Nc2cccc(SC(C(=O)Nc3sc4c(c3C#N)CCN(C(=O)OC(C)(C)C)C4)c3ccccc3)c2)cc1. The first-order valence-electron chi connectivity index (χ1n) is 14.5. The van der Waals surface area contributed by atoms with Gasteiger partial charge in [0.05, 0.1) is 12.1 Å². The number of hydrogen-bond donors (Lipinski definition) is 2. The number of thiophene rings is 1. The fourth-order valence-electron chi connectivity index (χ4n) is 4.86. The number of ether oxygens (including phenoxy) is 1. The Labute approximate surface area is 271 Å². The van der Waals surface area contributed by atoms with Crippen molar-refractivity contribution < 1.29 is 19.1 Å². The van der Waals surface area contributed by atoms with Crippen molar-refractivity contribution in [2.75, 3.05) is 17.2 Å². The number of hydrogen-bond acceptors (Lipinski definition) is 7. The smallest absolute Gasteiger partial charge is 0.410 e. The molecule has 0 bridgehead atoms. The molecule has 2 N–H and O–H groups in total. The Hall–Kier alpha value is -4.59. The van der Waals surface area contributed by atoms with Crippen LogP contribution in [0.2, 0.25) is 0 Å². The molecular formula is C35H34N4O4S2. The van der Waals surface area contributed by atoms with Gasteiger partial charge in [-0.15, -0.1) is 23.1 Å². The molecule has 1 aromatic heterocycles. The molecule has 10 heteroatoms. The van der Waals surface area contributed by atoms with Crippen LogP contribution in [-0.4, -0.2) is 35.0 Å². The zero-order valence-electron chi connectivity index (χ0n) is 25.5. The monoisotopic (exact) mass is 638 g/mol. The van der Waals surface area contributed by atoms with Crippen LogP contribution in [0.5, 0.6) is 0 Å². The second-order valence-electron chi connectivity index (χ2n) is 11.7. The first-order chi connectivity index (χ1) is 21.5. The van der Waals surface area contributed by atoms with E-state index in [0.717, 1.165) is 26.5 Å². The van der Waals surface area contributed by atoms with E-state index in [0.29, 0.717) is 41.3 Å². The molecule has 3 amide bonds. The summed E-state index contributed by atoms with van der Waals surface area (Å²) in [6, 6.07) is 26.4. The highest BCUT2D eigenvalue weighted by Gasteiger charge is 2.31. The van der Waals surface area contributed by atoms with E-state index in [1.165, 1.54) is 23.1 Å². The number of anilines is 2. The fourth-order valence-corrected chi connectivity index (χ4v) is 7.16. The van der Waals surface area contributed by atoms with Crippen molar-refractivity contribution in [2.45, 2.75) is 56.4 Å². The number of benzene rings is 3. The Balaban J connectivity index is 1.35. The molecule has 0 saturated carbocycles. The minimum absolute atomic E-state index is 0.217. The summed E-state index contributed by atoms with van der Waals surface area (Å²) in [5, 5.41) is 15.9. The van der Waals surface area contributed by atoms with Gasteiger partial charge in [-0.05, 0) is 75.6 Å². The lowest BCUT2D eigenvalue weighted by Gasteiger charge is -2.29. The molecule has 1 unspecified atom stereocenters. The van der Waals surface area contributed by atoms with Crippen LogP contribution in [0.1, 0.15) is 63.5 Å². The molecular weight excluding hydrogens is 605 g/mol. The molecule has 0 radical (unpaired) electrons. The van der Waals surface area contributed by atoms with Crippen molar-refractivity contribution in [1.29, 1.82) is 5.26 Å². The highest BCUT2D eigenvalue weighted by atomic mass is 32.2. The van der Waals surface area contributed by atoms with Crippen molar-refractivity contribution in [3.05, 3.63) is 112 Å². The molecule has 1 atom stereocenters. The van der Waals surface area contributed by atoms with E-state index >= 15 is 0 Å². The topological polar surface area (TPSA) is 112 Å². The number of aryl methyl sites for hydroxylation is 1. The lowest BCUT2D eigenvalue weighted by molar-refractivity contribution is -0.115. The van der Waals surface area contributed by atoms with Gasteiger partial charge in [0.1, 0.15) is 21.9 Å². The predicted octanol–water partition coefficient (Wildman–Crippen LogP) is 7.95. The first kappa shape index (κ1) is 31.8. The van der Waals surface area contributed by atoms with Crippen molar-refractivity contribution >= 4 is 51.7 Å². The second-order valence-corrected chi connectivity index (χ2v) is 14.0. The van der Waals surface area contributed by atoms with Gasteiger partial charge in [0, 0.05) is 27.6 Å². The van der Waals surface area contributed by atoms with Crippen molar-refractivity contribution in [3.8, 4) is 6.07 Å². The molecule has 5 rings (SSSR count). The number of thioether (sulfide) groups is 1. The molecule has 1 aliphatic heterocycles. The number of nitrogens with zero attached hydrogens (tertiary/aromatic N) is 2. The molecule has 0 spiro atoms. The Bertz CT molecular complexity index is 1760. The van der Waals surface area contributed by atoms with Crippen LogP contribution < -0.4 is 10.6 Å². The fraction of sp³-hybridized carbons (Fsp3) is 0.257. The van der Waals surface area contributed by atoms with Gasteiger partial charge in [0.15, 0.2) is 0 Å². The molecule has 8 nitrogen and oxygen atoms in total. The van der Waals surface area contributed by atoms with Crippen molar-refractivity contribution in [1.82, 2.24) is 4.90 Å². The van der Waals surface area contributed by atoms with E-state index in [4.69, 9.17) is 4.74 Å². The van der Waals surface area contributed by atoms with Crippen molar-refractivity contribution in [2.24, 2.45) is 0 Å². The van der Waals surface area contributed by atoms with E-state index in [1.54, 1.807) is 17.0 Å². The van der Waals surface area contributed by atoms with E-state index in [9.17, 15) is 19.6 Å². The highest BCUT2D eigenvalue weighted by molar-refractivity contribution is 8.00. The number of amides is 3. The third-order valence-electron chi connectivity index (χ3n) is 7.06. The summed E-state index contributed by atoms with van der Waals surface area (Å²) in [7, 11) is 0.